The van der Waals surface area contributed by atoms with Crippen LogP contribution >= 0.6 is 0 Å². The van der Waals surface area contributed by atoms with Crippen molar-refractivity contribution >= 4 is 0 Å². The number of hydrogen-bond acceptors (Lipinski definition) is 3. The van der Waals surface area contributed by atoms with Crippen molar-refractivity contribution in [3.05, 3.63) is 118 Å². The van der Waals surface area contributed by atoms with Crippen molar-refractivity contribution in [3.63, 3.8) is 0 Å². The van der Waals surface area contributed by atoms with Crippen LogP contribution in [-0.2, 0) is 13.0 Å². The Bertz CT molecular complexity index is 1180. The van der Waals surface area contributed by atoms with Gasteiger partial charge in [-0.3, -0.25) is 9.36 Å². The maximum Gasteiger partial charge on any atom is 0.255 e. The minimum absolute atomic E-state index is 0.0579. The van der Waals surface area contributed by atoms with E-state index in [1.165, 1.54) is 0 Å². The summed E-state index contributed by atoms with van der Waals surface area (Å²) in [6.45, 7) is 0.580. The number of hydrogen-bond donors (Lipinski definition) is 0. The highest BCUT2D eigenvalue weighted by Crippen LogP contribution is 2.12. The summed E-state index contributed by atoms with van der Waals surface area (Å²) < 4.78 is 3.68. The molecule has 2 heterocycles. The molecule has 0 spiro atoms. The van der Waals surface area contributed by atoms with E-state index in [1.54, 1.807) is 16.8 Å². The van der Waals surface area contributed by atoms with Crippen molar-refractivity contribution < 1.29 is 0 Å². The van der Waals surface area contributed by atoms with E-state index in [0.717, 1.165) is 22.6 Å². The fourth-order valence-corrected chi connectivity index (χ4v) is 3.15. The molecule has 0 aliphatic rings. The van der Waals surface area contributed by atoms with Crippen molar-refractivity contribution in [2.75, 3.05) is 0 Å². The van der Waals surface area contributed by atoms with Crippen molar-refractivity contribution in [3.8, 4) is 11.8 Å². The summed E-state index contributed by atoms with van der Waals surface area (Å²) in [5, 5.41) is 8.91. The van der Waals surface area contributed by atoms with E-state index in [1.807, 2.05) is 77.6 Å². The van der Waals surface area contributed by atoms with Crippen molar-refractivity contribution in [2.24, 2.45) is 0 Å². The number of nitrogens with zero attached hydrogens (tertiary/aromatic N) is 4. The molecule has 2 aromatic carbocycles. The van der Waals surface area contributed by atoms with Gasteiger partial charge >= 0.3 is 0 Å². The quantitative estimate of drug-likeness (QED) is 0.543. The summed E-state index contributed by atoms with van der Waals surface area (Å²) in [6.07, 6.45) is 6.16. The van der Waals surface area contributed by atoms with E-state index in [0.29, 0.717) is 18.5 Å². The summed E-state index contributed by atoms with van der Waals surface area (Å²) in [7, 11) is 0. The van der Waals surface area contributed by atoms with Gasteiger partial charge < -0.3 is 4.57 Å². The smallest absolute Gasteiger partial charge is 0.255 e. The second kappa shape index (κ2) is 7.77. The first kappa shape index (κ1) is 17.5. The van der Waals surface area contributed by atoms with Gasteiger partial charge in [0.25, 0.3) is 5.56 Å². The van der Waals surface area contributed by atoms with Gasteiger partial charge in [-0.25, -0.2) is 4.98 Å². The van der Waals surface area contributed by atoms with Crippen LogP contribution in [0, 0.1) is 11.3 Å². The van der Waals surface area contributed by atoms with Crippen LogP contribution in [0.4, 0.5) is 0 Å². The van der Waals surface area contributed by atoms with Gasteiger partial charge in [0.15, 0.2) is 0 Å². The minimum atomic E-state index is -0.0579. The molecule has 5 nitrogen and oxygen atoms in total. The lowest BCUT2D eigenvalue weighted by atomic mass is 10.1. The standard InChI is InChI=1S/C23H18N4O/c24-16-19-8-6-18(7-9-19)14-22-25-11-13-26(22)17-20-10-12-27(23(28)15-20)21-4-2-1-3-5-21/h1-13,15H,14,17H2. The predicted octanol–water partition coefficient (Wildman–Crippen LogP) is 3.54. The highest BCUT2D eigenvalue weighted by molar-refractivity contribution is 5.34. The first-order valence-electron chi connectivity index (χ1n) is 8.99. The van der Waals surface area contributed by atoms with Crippen molar-refractivity contribution in [2.45, 2.75) is 13.0 Å². The number of pyridine rings is 1. The molecule has 136 valence electrons. The normalized spacial score (nSPS) is 10.5. The molecule has 0 bridgehead atoms. The average molecular weight is 366 g/mol. The molecule has 0 amide bonds. The molecule has 0 saturated carbocycles. The molecule has 4 rings (SSSR count). The summed E-state index contributed by atoms with van der Waals surface area (Å²) in [5.74, 6) is 0.914. The molecule has 5 heteroatoms. The first-order valence-corrected chi connectivity index (χ1v) is 8.99. The average Bonchev–Trinajstić information content (AvgIpc) is 3.16. The zero-order valence-corrected chi connectivity index (χ0v) is 15.2. The third-order valence-corrected chi connectivity index (χ3v) is 4.62. The molecular weight excluding hydrogens is 348 g/mol. The van der Waals surface area contributed by atoms with Crippen LogP contribution in [0.3, 0.4) is 0 Å². The molecular formula is C23H18N4O. The lowest BCUT2D eigenvalue weighted by Gasteiger charge is -2.10. The Morgan fingerprint density at radius 1 is 0.929 bits per heavy atom. The molecule has 0 aliphatic heterocycles. The SMILES string of the molecule is N#Cc1ccc(Cc2nccn2Cc2ccn(-c3ccccc3)c(=O)c2)cc1. The Morgan fingerprint density at radius 2 is 1.71 bits per heavy atom. The Hall–Kier alpha value is -3.91. The third kappa shape index (κ3) is 3.76. The van der Waals surface area contributed by atoms with Crippen LogP contribution in [0.2, 0.25) is 0 Å². The zero-order chi connectivity index (χ0) is 19.3. The lowest BCUT2D eigenvalue weighted by Crippen LogP contribution is -2.18. The Balaban J connectivity index is 1.54. The van der Waals surface area contributed by atoms with E-state index < -0.39 is 0 Å². The minimum Gasteiger partial charge on any atom is -0.330 e. The van der Waals surface area contributed by atoms with Gasteiger partial charge in [-0.15, -0.1) is 0 Å². The van der Waals surface area contributed by atoms with Crippen LogP contribution in [0.25, 0.3) is 5.69 Å². The molecule has 4 aromatic rings. The molecule has 0 saturated heterocycles. The highest BCUT2D eigenvalue weighted by atomic mass is 16.1. The molecule has 0 aliphatic carbocycles. The van der Waals surface area contributed by atoms with Crippen LogP contribution in [0.1, 0.15) is 22.5 Å². The van der Waals surface area contributed by atoms with E-state index in [2.05, 4.69) is 11.1 Å². The van der Waals surface area contributed by atoms with Gasteiger partial charge in [-0.05, 0) is 41.5 Å². The molecule has 2 aromatic heterocycles. The second-order valence-electron chi connectivity index (χ2n) is 6.54. The van der Waals surface area contributed by atoms with Gasteiger partial charge in [-0.2, -0.15) is 5.26 Å². The van der Waals surface area contributed by atoms with Gasteiger partial charge in [0, 0.05) is 43.3 Å². The van der Waals surface area contributed by atoms with E-state index in [4.69, 9.17) is 5.26 Å². The number of rotatable bonds is 5. The van der Waals surface area contributed by atoms with Crippen LogP contribution in [0.5, 0.6) is 0 Å². The van der Waals surface area contributed by atoms with Crippen LogP contribution < -0.4 is 5.56 Å². The second-order valence-corrected chi connectivity index (χ2v) is 6.54. The summed E-state index contributed by atoms with van der Waals surface area (Å²) in [4.78, 5) is 17.0. The van der Waals surface area contributed by atoms with Gasteiger partial charge in [-0.1, -0.05) is 30.3 Å². The number of imidazole rings is 1. The maximum absolute atomic E-state index is 12.5. The predicted molar refractivity (Wildman–Crippen MR) is 107 cm³/mol. The maximum atomic E-state index is 12.5. The van der Waals surface area contributed by atoms with Gasteiger partial charge in [0.2, 0.25) is 0 Å². The highest BCUT2D eigenvalue weighted by Gasteiger charge is 2.07. The Kier molecular flexibility index (Phi) is 4.85. The number of para-hydroxylation sites is 1. The molecule has 0 N–H and O–H groups in total. The monoisotopic (exact) mass is 366 g/mol. The number of aromatic nitrogens is 3. The molecule has 0 fully saturated rings. The van der Waals surface area contributed by atoms with E-state index >= 15 is 0 Å². The largest absolute Gasteiger partial charge is 0.330 e. The first-order chi connectivity index (χ1) is 13.7. The Morgan fingerprint density at radius 3 is 2.43 bits per heavy atom. The van der Waals surface area contributed by atoms with Gasteiger partial charge in [0.05, 0.1) is 11.6 Å². The van der Waals surface area contributed by atoms with Crippen molar-refractivity contribution in [1.29, 1.82) is 5.26 Å². The van der Waals surface area contributed by atoms with E-state index in [9.17, 15) is 4.79 Å². The van der Waals surface area contributed by atoms with Crippen LogP contribution in [-0.4, -0.2) is 14.1 Å². The number of nitriles is 1. The number of benzene rings is 2. The van der Waals surface area contributed by atoms with E-state index in [-0.39, 0.29) is 5.56 Å². The molecule has 0 radical (unpaired) electrons. The molecule has 0 unspecified atom stereocenters. The lowest BCUT2D eigenvalue weighted by molar-refractivity contribution is 0.736. The zero-order valence-electron chi connectivity index (χ0n) is 15.2. The summed E-state index contributed by atoms with van der Waals surface area (Å²) >= 11 is 0. The summed E-state index contributed by atoms with van der Waals surface area (Å²) in [5.41, 5.74) is 3.45. The van der Waals surface area contributed by atoms with Crippen LogP contribution in [0.15, 0.2) is 90.1 Å². The topological polar surface area (TPSA) is 63.6 Å². The molecule has 28 heavy (non-hydrogen) atoms. The fourth-order valence-electron chi connectivity index (χ4n) is 3.15. The van der Waals surface area contributed by atoms with Crippen molar-refractivity contribution in [1.82, 2.24) is 14.1 Å². The fraction of sp³-hybridized carbons (Fsp3) is 0.0870. The Labute approximate surface area is 162 Å². The summed E-state index contributed by atoms with van der Waals surface area (Å²) in [6, 6.07) is 22.8. The van der Waals surface area contributed by atoms with Gasteiger partial charge in [0.1, 0.15) is 5.82 Å². The molecule has 0 atom stereocenters. The third-order valence-electron chi connectivity index (χ3n) is 4.62.